The van der Waals surface area contributed by atoms with Crippen molar-refractivity contribution in [1.82, 2.24) is 9.97 Å². The Balaban J connectivity index is 2.00. The minimum atomic E-state index is -0.304. The molecule has 6 heteroatoms. The second-order valence-electron chi connectivity index (χ2n) is 4.72. The van der Waals surface area contributed by atoms with Crippen molar-refractivity contribution in [2.24, 2.45) is 0 Å². The highest BCUT2D eigenvalue weighted by Gasteiger charge is 2.26. The van der Waals surface area contributed by atoms with E-state index in [9.17, 15) is 9.59 Å². The Bertz CT molecular complexity index is 807. The topological polar surface area (TPSA) is 59.9 Å². The van der Waals surface area contributed by atoms with Crippen LogP contribution in [0.2, 0.25) is 0 Å². The first-order valence-electron chi connectivity index (χ1n) is 6.33. The van der Waals surface area contributed by atoms with Gasteiger partial charge in [0.25, 0.3) is 11.1 Å². The second kappa shape index (κ2) is 4.56. The van der Waals surface area contributed by atoms with E-state index in [-0.39, 0.29) is 21.6 Å². The molecule has 0 bridgehead atoms. The van der Waals surface area contributed by atoms with E-state index in [1.54, 1.807) is 23.5 Å². The minimum Gasteiger partial charge on any atom is -0.267 e. The van der Waals surface area contributed by atoms with Crippen LogP contribution in [0.4, 0.5) is 0 Å². The number of hydrogen-bond acceptors (Lipinski definition) is 6. The zero-order valence-electron chi connectivity index (χ0n) is 10.4. The SMILES string of the molecule is O=c1nc(C2C=CCS2)c2c(=O)nc(C3C=CCS3)c1=2. The Morgan fingerprint density at radius 2 is 1.30 bits per heavy atom. The Labute approximate surface area is 122 Å². The van der Waals surface area contributed by atoms with Gasteiger partial charge in [0.15, 0.2) is 0 Å². The van der Waals surface area contributed by atoms with Gasteiger partial charge >= 0.3 is 0 Å². The Kier molecular flexibility index (Phi) is 2.82. The molecule has 0 saturated carbocycles. The molecule has 4 rings (SSSR count). The summed E-state index contributed by atoms with van der Waals surface area (Å²) in [5.41, 5.74) is 0.585. The normalized spacial score (nSPS) is 25.2. The summed E-state index contributed by atoms with van der Waals surface area (Å²) in [6.45, 7) is 0. The molecule has 0 amide bonds. The van der Waals surface area contributed by atoms with Gasteiger partial charge < -0.3 is 0 Å². The van der Waals surface area contributed by atoms with Gasteiger partial charge in [-0.1, -0.05) is 24.3 Å². The van der Waals surface area contributed by atoms with Crippen LogP contribution in [-0.2, 0) is 0 Å². The van der Waals surface area contributed by atoms with E-state index in [1.165, 1.54) is 0 Å². The summed E-state index contributed by atoms with van der Waals surface area (Å²) in [6, 6.07) is 0. The molecule has 4 aliphatic heterocycles. The van der Waals surface area contributed by atoms with Gasteiger partial charge in [0.05, 0.1) is 32.3 Å². The maximum atomic E-state index is 12.2. The molecule has 0 aliphatic carbocycles. The molecule has 2 unspecified atom stereocenters. The summed E-state index contributed by atoms with van der Waals surface area (Å²) in [7, 11) is 0. The van der Waals surface area contributed by atoms with Crippen LogP contribution >= 0.6 is 23.5 Å². The molecule has 0 aromatic carbocycles. The maximum absolute atomic E-state index is 12.2. The van der Waals surface area contributed by atoms with Crippen molar-refractivity contribution < 1.29 is 0 Å². The van der Waals surface area contributed by atoms with E-state index in [0.717, 1.165) is 11.5 Å². The first kappa shape index (κ1) is 12.3. The molecule has 0 radical (unpaired) electrons. The molecule has 0 N–H and O–H groups in total. The van der Waals surface area contributed by atoms with Crippen LogP contribution in [0, 0.1) is 10.4 Å². The van der Waals surface area contributed by atoms with E-state index in [4.69, 9.17) is 0 Å². The lowest BCUT2D eigenvalue weighted by Gasteiger charge is -2.01. The van der Waals surface area contributed by atoms with Crippen molar-refractivity contribution in [3.8, 4) is 0 Å². The van der Waals surface area contributed by atoms with Gasteiger partial charge in [0, 0.05) is 11.5 Å². The predicted octanol–water partition coefficient (Wildman–Crippen LogP) is 1.49. The Morgan fingerprint density at radius 3 is 1.65 bits per heavy atom. The molecule has 0 saturated heterocycles. The highest BCUT2D eigenvalue weighted by atomic mass is 32.2. The maximum Gasteiger partial charge on any atom is 0.280 e. The van der Waals surface area contributed by atoms with Crippen LogP contribution in [-0.4, -0.2) is 21.5 Å². The number of aromatic nitrogens is 2. The predicted molar refractivity (Wildman–Crippen MR) is 80.9 cm³/mol. The number of nitrogens with zero attached hydrogens (tertiary/aromatic N) is 2. The van der Waals surface area contributed by atoms with Crippen molar-refractivity contribution in [2.75, 3.05) is 11.5 Å². The average Bonchev–Trinajstić information content (AvgIpc) is 3.17. The van der Waals surface area contributed by atoms with Crippen molar-refractivity contribution in [1.29, 1.82) is 0 Å². The van der Waals surface area contributed by atoms with Crippen LogP contribution in [0.3, 0.4) is 0 Å². The fraction of sp³-hybridized carbons (Fsp3) is 0.286. The highest BCUT2D eigenvalue weighted by molar-refractivity contribution is 8.00. The van der Waals surface area contributed by atoms with Crippen molar-refractivity contribution in [3.63, 3.8) is 0 Å². The number of rotatable bonds is 2. The van der Waals surface area contributed by atoms with E-state index < -0.39 is 0 Å². The minimum absolute atomic E-state index is 0.0109. The third kappa shape index (κ3) is 1.71. The molecule has 0 aromatic rings. The second-order valence-corrected chi connectivity index (χ2v) is 7.07. The Morgan fingerprint density at radius 1 is 0.850 bits per heavy atom. The molecule has 100 valence electrons. The first-order chi connectivity index (χ1) is 9.75. The fourth-order valence-electron chi connectivity index (χ4n) is 2.67. The zero-order chi connectivity index (χ0) is 13.7. The summed E-state index contributed by atoms with van der Waals surface area (Å²) in [5, 5.41) is 0.901. The summed E-state index contributed by atoms with van der Waals surface area (Å²) >= 11 is 3.35. The van der Waals surface area contributed by atoms with E-state index in [2.05, 4.69) is 9.97 Å². The van der Waals surface area contributed by atoms with Crippen molar-refractivity contribution >= 4 is 23.5 Å². The smallest absolute Gasteiger partial charge is 0.267 e. The van der Waals surface area contributed by atoms with Gasteiger partial charge in [-0.3, -0.25) is 9.59 Å². The summed E-state index contributed by atoms with van der Waals surface area (Å²) in [6.07, 6.45) is 8.08. The lowest BCUT2D eigenvalue weighted by atomic mass is 10.2. The first-order valence-corrected chi connectivity index (χ1v) is 8.43. The molecule has 4 heterocycles. The third-order valence-corrected chi connectivity index (χ3v) is 5.79. The van der Waals surface area contributed by atoms with Gasteiger partial charge in [-0.15, -0.1) is 23.5 Å². The van der Waals surface area contributed by atoms with Crippen LogP contribution in [0.25, 0.3) is 0 Å². The van der Waals surface area contributed by atoms with Gasteiger partial charge in [-0.25, -0.2) is 9.97 Å². The van der Waals surface area contributed by atoms with Crippen molar-refractivity contribution in [3.05, 3.63) is 66.8 Å². The summed E-state index contributed by atoms with van der Waals surface area (Å²) in [4.78, 5) is 32.6. The molecule has 0 spiro atoms. The molecule has 0 fully saturated rings. The molecule has 4 aliphatic rings. The van der Waals surface area contributed by atoms with Crippen LogP contribution in [0.5, 0.6) is 0 Å². The van der Waals surface area contributed by atoms with Crippen LogP contribution < -0.4 is 11.1 Å². The number of hydrogen-bond donors (Lipinski definition) is 0. The van der Waals surface area contributed by atoms with Crippen LogP contribution in [0.1, 0.15) is 21.9 Å². The quantitative estimate of drug-likeness (QED) is 0.783. The van der Waals surface area contributed by atoms with Crippen LogP contribution in [0.15, 0.2) is 33.9 Å². The largest absolute Gasteiger partial charge is 0.280 e. The van der Waals surface area contributed by atoms with Gasteiger partial charge in [-0.2, -0.15) is 0 Å². The van der Waals surface area contributed by atoms with E-state index in [1.807, 2.05) is 24.3 Å². The van der Waals surface area contributed by atoms with Gasteiger partial charge in [-0.05, 0) is 0 Å². The molecular weight excluding hydrogens is 292 g/mol. The summed E-state index contributed by atoms with van der Waals surface area (Å²) in [5.74, 6) is 1.78. The van der Waals surface area contributed by atoms with E-state index in [0.29, 0.717) is 21.8 Å². The van der Waals surface area contributed by atoms with Gasteiger partial charge in [0.2, 0.25) is 0 Å². The van der Waals surface area contributed by atoms with E-state index >= 15 is 0 Å². The third-order valence-electron chi connectivity index (χ3n) is 3.54. The molecule has 20 heavy (non-hydrogen) atoms. The van der Waals surface area contributed by atoms with Gasteiger partial charge in [0.1, 0.15) is 0 Å². The molecule has 0 aromatic heterocycles. The monoisotopic (exact) mass is 302 g/mol. The molecule has 4 nitrogen and oxygen atoms in total. The standard InChI is InChI=1S/C14H10N2O2S2/c17-13-9-10(12(16-13)8-4-2-6-20-8)14(18)15-11(9)7-3-1-5-19-7/h1-4,7-8H,5-6H2. The highest BCUT2D eigenvalue weighted by Crippen LogP contribution is 2.36. The summed E-state index contributed by atoms with van der Waals surface area (Å²) < 4.78 is 0. The van der Waals surface area contributed by atoms with Crippen molar-refractivity contribution in [2.45, 2.75) is 10.5 Å². The lowest BCUT2D eigenvalue weighted by Crippen LogP contribution is -2.09. The molecule has 2 atom stereocenters. The zero-order valence-corrected chi connectivity index (χ0v) is 12.0. The Hall–Kier alpha value is -1.40. The lowest BCUT2D eigenvalue weighted by molar-refractivity contribution is 1.04. The fourth-order valence-corrected chi connectivity index (χ4v) is 4.63. The number of thioether (sulfide) groups is 2. The molecular formula is C14H10N2O2S2. The average molecular weight is 302 g/mol.